The Labute approximate surface area is 123 Å². The molecule has 76 valence electrons. The van der Waals surface area contributed by atoms with Crippen LogP contribution in [0.25, 0.3) is 0 Å². The molecule has 7 nitrogen and oxygen atoms in total. The van der Waals surface area contributed by atoms with Gasteiger partial charge in [0.15, 0.2) is 0 Å². The minimum atomic E-state index is -5.05. The van der Waals surface area contributed by atoms with Gasteiger partial charge in [-0.25, -0.2) is 9.13 Å². The fourth-order valence-electron chi connectivity index (χ4n) is 0.139. The maximum Gasteiger partial charge on any atom is 1.00 e. The number of hydrogen-bond donors (Lipinski definition) is 4. The molecule has 0 aromatic heterocycles. The number of phosphoric acid groups is 2. The smallest absolute Gasteiger partial charge is 1.00 e. The molecule has 0 saturated carbocycles. The monoisotopic (exact) mass is 306 g/mol. The van der Waals surface area contributed by atoms with Crippen LogP contribution < -0.4 is 37.7 Å². The maximum atomic E-state index is 9.63. The second-order valence-corrected chi connectivity index (χ2v) is 3.68. The van der Waals surface area contributed by atoms with Gasteiger partial charge in [0.05, 0.1) is 0 Å². The molecule has 0 spiro atoms. The first-order valence-electron chi connectivity index (χ1n) is 1.53. The summed E-state index contributed by atoms with van der Waals surface area (Å²) in [5.74, 6) is 0. The fourth-order valence-corrected chi connectivity index (χ4v) is 1.25. The van der Waals surface area contributed by atoms with E-state index in [4.69, 9.17) is 19.6 Å². The summed E-state index contributed by atoms with van der Waals surface area (Å²) in [5.41, 5.74) is 0. The molecule has 0 saturated heterocycles. The number of rotatable bonds is 2. The molecule has 4 N–H and O–H groups in total. The molecular weight excluding hydrogens is 300 g/mol. The first-order chi connectivity index (χ1) is 3.71. The third kappa shape index (κ3) is 31.4. The van der Waals surface area contributed by atoms with Crippen molar-refractivity contribution in [3.63, 3.8) is 0 Å². The maximum absolute atomic E-state index is 9.63. The normalized spacial score (nSPS) is 9.54. The van der Waals surface area contributed by atoms with E-state index in [0.717, 1.165) is 0 Å². The zero-order valence-corrected chi connectivity index (χ0v) is 10.6. The SMILES string of the molecule is O=P(O)(O)OP(=O)(O)O.[Fe].[Fe].[H-].[H-].[Li+].[Li+]. The Morgan fingerprint density at radius 3 is 1.00 bits per heavy atom. The van der Waals surface area contributed by atoms with Crippen molar-refractivity contribution in [1.29, 1.82) is 0 Å². The third-order valence-corrected chi connectivity index (χ3v) is 1.91. The zero-order chi connectivity index (χ0) is 7.71. The van der Waals surface area contributed by atoms with Crippen molar-refractivity contribution >= 4 is 15.6 Å². The average Bonchev–Trinajstić information content (AvgIpc) is 1.14. The van der Waals surface area contributed by atoms with Crippen molar-refractivity contribution in [3.8, 4) is 0 Å². The average molecular weight is 306 g/mol. The van der Waals surface area contributed by atoms with Crippen LogP contribution in [0.15, 0.2) is 0 Å². The molecular formula is H6Fe2Li2O7P2. The van der Waals surface area contributed by atoms with Gasteiger partial charge in [-0.1, -0.05) is 0 Å². The standard InChI is InChI=1S/2Fe.2Li.H4O7P2.2H/c;;;;1-8(2,3)7-9(4,5)6;;/h;;;;(H2,1,2,3)(H2,4,5,6);;/q;;2*+1;;2*-1. The van der Waals surface area contributed by atoms with Crippen molar-refractivity contribution in [2.75, 3.05) is 0 Å². The van der Waals surface area contributed by atoms with Gasteiger partial charge in [-0.2, -0.15) is 4.31 Å². The van der Waals surface area contributed by atoms with Gasteiger partial charge < -0.3 is 22.4 Å². The second kappa shape index (κ2) is 11.0. The van der Waals surface area contributed by atoms with E-state index in [0.29, 0.717) is 0 Å². The molecule has 0 bridgehead atoms. The van der Waals surface area contributed by atoms with Crippen molar-refractivity contribution in [1.82, 2.24) is 0 Å². The van der Waals surface area contributed by atoms with E-state index in [1.807, 2.05) is 0 Å². The predicted octanol–water partition coefficient (Wildman–Crippen LogP) is -6.58. The Kier molecular flexibility index (Phi) is 25.0. The summed E-state index contributed by atoms with van der Waals surface area (Å²) in [6, 6.07) is 0. The van der Waals surface area contributed by atoms with E-state index in [2.05, 4.69) is 4.31 Å². The van der Waals surface area contributed by atoms with Crippen LogP contribution in [0.3, 0.4) is 0 Å². The van der Waals surface area contributed by atoms with Crippen molar-refractivity contribution in [2.24, 2.45) is 0 Å². The van der Waals surface area contributed by atoms with Gasteiger partial charge in [0.25, 0.3) is 0 Å². The zero-order valence-electron chi connectivity index (χ0n) is 8.62. The minimum absolute atomic E-state index is 0. The molecule has 0 aliphatic heterocycles. The van der Waals surface area contributed by atoms with Crippen molar-refractivity contribution in [2.45, 2.75) is 0 Å². The van der Waals surface area contributed by atoms with Crippen LogP contribution in [0.2, 0.25) is 0 Å². The van der Waals surface area contributed by atoms with E-state index in [-0.39, 0.29) is 74.7 Å². The summed E-state index contributed by atoms with van der Waals surface area (Å²) in [5, 5.41) is 0. The summed E-state index contributed by atoms with van der Waals surface area (Å²) in [4.78, 5) is 31.0. The summed E-state index contributed by atoms with van der Waals surface area (Å²) < 4.78 is 22.2. The van der Waals surface area contributed by atoms with Crippen molar-refractivity contribution < 1.29 is 108 Å². The van der Waals surface area contributed by atoms with Gasteiger partial charge in [-0.3, -0.25) is 0 Å². The minimum Gasteiger partial charge on any atom is -1.00 e. The van der Waals surface area contributed by atoms with Crippen LogP contribution in [-0.2, 0) is 47.6 Å². The molecule has 0 radical (unpaired) electrons. The topological polar surface area (TPSA) is 124 Å². The fraction of sp³-hybridized carbons (Fsp3) is 0. The third-order valence-electron chi connectivity index (χ3n) is 0.213. The van der Waals surface area contributed by atoms with Gasteiger partial charge >= 0.3 is 53.4 Å². The van der Waals surface area contributed by atoms with Crippen LogP contribution in [0, 0.1) is 0 Å². The van der Waals surface area contributed by atoms with E-state index in [1.165, 1.54) is 0 Å². The summed E-state index contributed by atoms with van der Waals surface area (Å²) >= 11 is 0. The van der Waals surface area contributed by atoms with Gasteiger partial charge in [0, 0.05) is 34.1 Å². The van der Waals surface area contributed by atoms with Gasteiger partial charge in [0.2, 0.25) is 0 Å². The van der Waals surface area contributed by atoms with Gasteiger partial charge in [0.1, 0.15) is 0 Å². The number of hydrogen-bond acceptors (Lipinski definition) is 3. The van der Waals surface area contributed by atoms with Crippen LogP contribution >= 0.6 is 15.6 Å². The Morgan fingerprint density at radius 2 is 1.00 bits per heavy atom. The first-order valence-corrected chi connectivity index (χ1v) is 4.59. The molecule has 0 rings (SSSR count). The van der Waals surface area contributed by atoms with Crippen molar-refractivity contribution in [3.05, 3.63) is 0 Å². The molecule has 0 atom stereocenters. The second-order valence-electron chi connectivity index (χ2n) is 1.06. The molecule has 0 aliphatic rings. The summed E-state index contributed by atoms with van der Waals surface area (Å²) in [6.45, 7) is 0. The largest absolute Gasteiger partial charge is 1.00 e. The Bertz CT molecular complexity index is 171. The molecule has 0 aliphatic carbocycles. The molecule has 0 unspecified atom stereocenters. The van der Waals surface area contributed by atoms with Gasteiger partial charge in [-0.15, -0.1) is 0 Å². The van der Waals surface area contributed by atoms with E-state index in [1.54, 1.807) is 0 Å². The van der Waals surface area contributed by atoms with Gasteiger partial charge in [-0.05, 0) is 0 Å². The molecule has 13 heavy (non-hydrogen) atoms. The Hall–Kier alpha value is 2.49. The molecule has 0 aromatic rings. The Balaban J connectivity index is -0.0000000213. The van der Waals surface area contributed by atoms with E-state index < -0.39 is 15.6 Å². The molecule has 0 fully saturated rings. The van der Waals surface area contributed by atoms with E-state index in [9.17, 15) is 9.13 Å². The summed E-state index contributed by atoms with van der Waals surface area (Å²) in [6.07, 6.45) is 0. The first kappa shape index (κ1) is 29.6. The molecule has 0 aromatic carbocycles. The molecule has 13 heteroatoms. The van der Waals surface area contributed by atoms with Crippen LogP contribution in [0.1, 0.15) is 2.85 Å². The predicted molar refractivity (Wildman–Crippen MR) is 27.4 cm³/mol. The Morgan fingerprint density at radius 1 is 0.846 bits per heavy atom. The summed E-state index contributed by atoms with van der Waals surface area (Å²) in [7, 11) is -10.1. The molecule has 0 amide bonds. The van der Waals surface area contributed by atoms with Crippen LogP contribution in [0.5, 0.6) is 0 Å². The quantitative estimate of drug-likeness (QED) is 0.295. The van der Waals surface area contributed by atoms with Crippen LogP contribution in [-0.4, -0.2) is 19.6 Å². The van der Waals surface area contributed by atoms with E-state index >= 15 is 0 Å². The van der Waals surface area contributed by atoms with Crippen LogP contribution in [0.4, 0.5) is 0 Å². The molecule has 0 heterocycles.